The summed E-state index contributed by atoms with van der Waals surface area (Å²) in [6.45, 7) is 0. The van der Waals surface area contributed by atoms with Gasteiger partial charge in [-0.3, -0.25) is 0 Å². The standard InChI is InChI=1S/C9H9ClF3N.ClH/c10-7-4-2-1-3-6(7)8(14)5-9(11,12)13;/h1-4,8H,5,14H2;1H/t8-;/m1./s1. The van der Waals surface area contributed by atoms with E-state index in [9.17, 15) is 13.2 Å². The Bertz CT molecular complexity index is 314. The maximum absolute atomic E-state index is 12.0. The number of benzene rings is 1. The van der Waals surface area contributed by atoms with E-state index in [2.05, 4.69) is 0 Å². The predicted molar refractivity (Wildman–Crippen MR) is 56.3 cm³/mol. The van der Waals surface area contributed by atoms with Gasteiger partial charge < -0.3 is 5.73 Å². The lowest BCUT2D eigenvalue weighted by molar-refractivity contribution is -0.138. The first-order chi connectivity index (χ1) is 6.40. The Kier molecular flexibility index (Phi) is 5.42. The normalized spacial score (nSPS) is 13.1. The first kappa shape index (κ1) is 14.6. The molecule has 6 heteroatoms. The Morgan fingerprint density at radius 2 is 1.80 bits per heavy atom. The lowest BCUT2D eigenvalue weighted by atomic mass is 10.0. The van der Waals surface area contributed by atoms with Crippen molar-refractivity contribution in [3.63, 3.8) is 0 Å². The molecule has 1 rings (SSSR count). The van der Waals surface area contributed by atoms with E-state index in [1.165, 1.54) is 12.1 Å². The molecular weight excluding hydrogens is 250 g/mol. The van der Waals surface area contributed by atoms with Crippen LogP contribution >= 0.6 is 24.0 Å². The fourth-order valence-corrected chi connectivity index (χ4v) is 1.41. The van der Waals surface area contributed by atoms with Gasteiger partial charge in [-0.2, -0.15) is 13.2 Å². The van der Waals surface area contributed by atoms with Crippen LogP contribution in [0.1, 0.15) is 18.0 Å². The Labute approximate surface area is 96.8 Å². The lowest BCUT2D eigenvalue weighted by Crippen LogP contribution is -2.20. The topological polar surface area (TPSA) is 26.0 Å². The number of hydrogen-bond acceptors (Lipinski definition) is 1. The van der Waals surface area contributed by atoms with E-state index in [1.807, 2.05) is 0 Å². The smallest absolute Gasteiger partial charge is 0.324 e. The second-order valence-corrected chi connectivity index (χ2v) is 3.35. The molecule has 1 nitrogen and oxygen atoms in total. The zero-order valence-corrected chi connectivity index (χ0v) is 9.16. The summed E-state index contributed by atoms with van der Waals surface area (Å²) in [5.74, 6) is 0. The van der Waals surface area contributed by atoms with E-state index in [1.54, 1.807) is 12.1 Å². The summed E-state index contributed by atoms with van der Waals surface area (Å²) in [4.78, 5) is 0. The van der Waals surface area contributed by atoms with Crippen molar-refractivity contribution in [3.8, 4) is 0 Å². The third-order valence-corrected chi connectivity index (χ3v) is 2.10. The van der Waals surface area contributed by atoms with Crippen molar-refractivity contribution < 1.29 is 13.2 Å². The van der Waals surface area contributed by atoms with Crippen LogP contribution in [-0.2, 0) is 0 Å². The van der Waals surface area contributed by atoms with Crippen LogP contribution < -0.4 is 5.73 Å². The highest BCUT2D eigenvalue weighted by atomic mass is 35.5. The SMILES string of the molecule is Cl.N[C@H](CC(F)(F)F)c1ccccc1Cl. The third kappa shape index (κ3) is 4.73. The van der Waals surface area contributed by atoms with Gasteiger partial charge >= 0.3 is 6.18 Å². The molecule has 15 heavy (non-hydrogen) atoms. The summed E-state index contributed by atoms with van der Waals surface area (Å²) < 4.78 is 36.0. The molecule has 0 amide bonds. The van der Waals surface area contributed by atoms with Gasteiger partial charge in [-0.15, -0.1) is 12.4 Å². The molecule has 86 valence electrons. The fraction of sp³-hybridized carbons (Fsp3) is 0.333. The van der Waals surface area contributed by atoms with Crippen molar-refractivity contribution in [2.75, 3.05) is 0 Å². The summed E-state index contributed by atoms with van der Waals surface area (Å²) in [6, 6.07) is 5.18. The molecule has 0 bridgehead atoms. The average Bonchev–Trinajstić information content (AvgIpc) is 2.01. The van der Waals surface area contributed by atoms with Crippen LogP contribution in [0.3, 0.4) is 0 Å². The number of nitrogens with two attached hydrogens (primary N) is 1. The van der Waals surface area contributed by atoms with E-state index < -0.39 is 18.6 Å². The van der Waals surface area contributed by atoms with Gasteiger partial charge in [-0.05, 0) is 11.6 Å². The second kappa shape index (κ2) is 5.58. The number of alkyl halides is 3. The van der Waals surface area contributed by atoms with Crippen molar-refractivity contribution >= 4 is 24.0 Å². The molecule has 0 saturated heterocycles. The van der Waals surface area contributed by atoms with Gasteiger partial charge in [0.25, 0.3) is 0 Å². The van der Waals surface area contributed by atoms with E-state index in [0.717, 1.165) is 0 Å². The zero-order chi connectivity index (χ0) is 10.8. The van der Waals surface area contributed by atoms with Gasteiger partial charge in [-0.25, -0.2) is 0 Å². The van der Waals surface area contributed by atoms with Crippen LogP contribution in [0.15, 0.2) is 24.3 Å². The molecule has 1 aromatic carbocycles. The Morgan fingerprint density at radius 3 is 2.27 bits per heavy atom. The highest BCUT2D eigenvalue weighted by molar-refractivity contribution is 6.31. The van der Waals surface area contributed by atoms with Gasteiger partial charge in [0.15, 0.2) is 0 Å². The van der Waals surface area contributed by atoms with Crippen molar-refractivity contribution in [2.45, 2.75) is 18.6 Å². The number of halogens is 5. The Hall–Kier alpha value is -0.450. The van der Waals surface area contributed by atoms with Crippen LogP contribution in [0, 0.1) is 0 Å². The molecule has 0 heterocycles. The predicted octanol–water partition coefficient (Wildman–Crippen LogP) is 3.71. The summed E-state index contributed by atoms with van der Waals surface area (Å²) in [5, 5.41) is 0.268. The minimum Gasteiger partial charge on any atom is -0.324 e. The van der Waals surface area contributed by atoms with Gasteiger partial charge in [-0.1, -0.05) is 29.8 Å². The van der Waals surface area contributed by atoms with Crippen molar-refractivity contribution in [1.82, 2.24) is 0 Å². The van der Waals surface area contributed by atoms with E-state index >= 15 is 0 Å². The van der Waals surface area contributed by atoms with Gasteiger partial charge in [0.1, 0.15) is 0 Å². The molecule has 0 spiro atoms. The third-order valence-electron chi connectivity index (χ3n) is 1.76. The molecule has 0 radical (unpaired) electrons. The fourth-order valence-electron chi connectivity index (χ4n) is 1.14. The van der Waals surface area contributed by atoms with Crippen LogP contribution in [0.2, 0.25) is 5.02 Å². The summed E-state index contributed by atoms with van der Waals surface area (Å²) in [7, 11) is 0. The van der Waals surface area contributed by atoms with E-state index in [4.69, 9.17) is 17.3 Å². The molecule has 1 aromatic rings. The average molecular weight is 260 g/mol. The molecule has 0 aromatic heterocycles. The Balaban J connectivity index is 0.00000196. The van der Waals surface area contributed by atoms with Gasteiger partial charge in [0.05, 0.1) is 6.42 Å². The number of hydrogen-bond donors (Lipinski definition) is 1. The van der Waals surface area contributed by atoms with Gasteiger partial charge in [0, 0.05) is 11.1 Å². The first-order valence-corrected chi connectivity index (χ1v) is 4.35. The quantitative estimate of drug-likeness (QED) is 0.861. The maximum atomic E-state index is 12.0. The summed E-state index contributed by atoms with van der Waals surface area (Å²) >= 11 is 5.70. The molecule has 0 unspecified atom stereocenters. The molecule has 0 fully saturated rings. The molecule has 0 aliphatic heterocycles. The van der Waals surface area contributed by atoms with Crippen LogP contribution in [-0.4, -0.2) is 6.18 Å². The molecule has 0 aliphatic carbocycles. The molecular formula is C9H10Cl2F3N. The highest BCUT2D eigenvalue weighted by Gasteiger charge is 2.31. The monoisotopic (exact) mass is 259 g/mol. The van der Waals surface area contributed by atoms with Crippen LogP contribution in [0.4, 0.5) is 13.2 Å². The summed E-state index contributed by atoms with van der Waals surface area (Å²) in [6.07, 6.45) is -5.32. The van der Waals surface area contributed by atoms with Crippen molar-refractivity contribution in [2.24, 2.45) is 5.73 Å². The summed E-state index contributed by atoms with van der Waals surface area (Å²) in [5.41, 5.74) is 5.70. The first-order valence-electron chi connectivity index (χ1n) is 3.97. The van der Waals surface area contributed by atoms with Crippen molar-refractivity contribution in [3.05, 3.63) is 34.9 Å². The highest BCUT2D eigenvalue weighted by Crippen LogP contribution is 2.30. The lowest BCUT2D eigenvalue weighted by Gasteiger charge is -2.15. The minimum atomic E-state index is -4.27. The van der Waals surface area contributed by atoms with Crippen molar-refractivity contribution in [1.29, 1.82) is 0 Å². The Morgan fingerprint density at radius 1 is 1.27 bits per heavy atom. The largest absolute Gasteiger partial charge is 0.390 e. The number of rotatable bonds is 2. The van der Waals surface area contributed by atoms with E-state index in [0.29, 0.717) is 5.56 Å². The maximum Gasteiger partial charge on any atom is 0.390 e. The molecule has 0 saturated carbocycles. The van der Waals surface area contributed by atoms with Crippen LogP contribution in [0.25, 0.3) is 0 Å². The second-order valence-electron chi connectivity index (χ2n) is 2.95. The zero-order valence-electron chi connectivity index (χ0n) is 7.59. The molecule has 1 atom stereocenters. The minimum absolute atomic E-state index is 0. The van der Waals surface area contributed by atoms with Gasteiger partial charge in [0.2, 0.25) is 0 Å². The van der Waals surface area contributed by atoms with E-state index in [-0.39, 0.29) is 17.4 Å². The molecule has 2 N–H and O–H groups in total. The molecule has 0 aliphatic rings. The van der Waals surface area contributed by atoms with Crippen LogP contribution in [0.5, 0.6) is 0 Å².